The number of nitrogen functional groups attached to an aromatic ring is 1. The minimum Gasteiger partial charge on any atom is -0.457 e. The topological polar surface area (TPSA) is 144 Å². The number of carbonyl (C=O) groups is 1. The lowest BCUT2D eigenvalue weighted by molar-refractivity contribution is -0.134. The molecule has 1 fully saturated rings. The second-order valence-electron chi connectivity index (χ2n) is 10.2. The van der Waals surface area contributed by atoms with Gasteiger partial charge in [0, 0.05) is 18.6 Å². The van der Waals surface area contributed by atoms with Crippen LogP contribution in [-0.2, 0) is 11.3 Å². The number of fused-ring (bicyclic) bond motifs is 1. The number of carbonyl (C=O) groups excluding carboxylic acids is 1. The third-order valence-electron chi connectivity index (χ3n) is 7.11. The van der Waals surface area contributed by atoms with Crippen molar-refractivity contribution in [3.05, 3.63) is 83.1 Å². The monoisotopic (exact) mass is 538 g/mol. The molecule has 11 heteroatoms. The molecule has 1 atom stereocenters. The third-order valence-corrected chi connectivity index (χ3v) is 7.11. The Hall–Kier alpha value is -4.95. The van der Waals surface area contributed by atoms with Crippen LogP contribution in [0.3, 0.4) is 0 Å². The molecular formula is C29H30N8O3. The Morgan fingerprint density at radius 3 is 2.50 bits per heavy atom. The zero-order valence-electron chi connectivity index (χ0n) is 22.5. The number of hydrogen-bond acceptors (Lipinski definition) is 8. The number of benzene rings is 2. The number of imidazole rings is 1. The van der Waals surface area contributed by atoms with E-state index in [1.807, 2.05) is 50.2 Å². The van der Waals surface area contributed by atoms with Gasteiger partial charge in [-0.2, -0.15) is 5.26 Å². The van der Waals surface area contributed by atoms with Gasteiger partial charge in [0.2, 0.25) is 0 Å². The predicted molar refractivity (Wildman–Crippen MR) is 151 cm³/mol. The van der Waals surface area contributed by atoms with E-state index >= 15 is 0 Å². The molecule has 0 aliphatic carbocycles. The van der Waals surface area contributed by atoms with Gasteiger partial charge in [-0.05, 0) is 69.8 Å². The highest BCUT2D eigenvalue weighted by molar-refractivity contribution is 5.98. The average molecular weight is 539 g/mol. The summed E-state index contributed by atoms with van der Waals surface area (Å²) in [6, 6.07) is 18.2. The molecule has 5 rings (SSSR count). The maximum absolute atomic E-state index is 13.8. The maximum Gasteiger partial charge on any atom is 0.335 e. The Labute approximate surface area is 231 Å². The predicted octanol–water partition coefficient (Wildman–Crippen LogP) is 3.01. The number of amides is 1. The van der Waals surface area contributed by atoms with Crippen molar-refractivity contribution in [2.45, 2.75) is 38.4 Å². The summed E-state index contributed by atoms with van der Waals surface area (Å²) in [5.74, 6) is 1.12. The van der Waals surface area contributed by atoms with Crippen LogP contribution in [0.15, 0.2) is 77.4 Å². The lowest BCUT2D eigenvalue weighted by Gasteiger charge is -2.41. The molecule has 0 spiro atoms. The van der Waals surface area contributed by atoms with Crippen LogP contribution in [0.4, 0.5) is 5.82 Å². The Kier molecular flexibility index (Phi) is 7.11. The summed E-state index contributed by atoms with van der Waals surface area (Å²) >= 11 is 0. The molecule has 2 aromatic carbocycles. The molecule has 204 valence electrons. The molecule has 4 aromatic rings. The van der Waals surface area contributed by atoms with Crippen LogP contribution < -0.4 is 21.5 Å². The summed E-state index contributed by atoms with van der Waals surface area (Å²) in [7, 11) is 1.77. The van der Waals surface area contributed by atoms with Crippen molar-refractivity contribution in [2.75, 3.05) is 19.3 Å². The fraction of sp³-hybridized carbons (Fsp3) is 0.276. The van der Waals surface area contributed by atoms with Crippen LogP contribution >= 0.6 is 0 Å². The Morgan fingerprint density at radius 1 is 1.18 bits per heavy atom. The number of nitrogens with zero attached hydrogens (tertiary/aromatic N) is 6. The van der Waals surface area contributed by atoms with Crippen molar-refractivity contribution < 1.29 is 9.53 Å². The van der Waals surface area contributed by atoms with Crippen LogP contribution in [0.2, 0.25) is 0 Å². The first-order chi connectivity index (χ1) is 19.2. The molecule has 2 aromatic heterocycles. The van der Waals surface area contributed by atoms with Crippen LogP contribution in [0.25, 0.3) is 16.9 Å². The lowest BCUT2D eigenvalue weighted by atomic mass is 9.97. The number of likely N-dealkylation sites (N-methyl/N-ethyl adjacent to an activating group) is 1. The zero-order valence-corrected chi connectivity index (χ0v) is 22.5. The summed E-state index contributed by atoms with van der Waals surface area (Å²) in [6.07, 6.45) is 3.63. The first-order valence-electron chi connectivity index (χ1n) is 12.9. The molecule has 1 aliphatic rings. The van der Waals surface area contributed by atoms with Gasteiger partial charge in [0.15, 0.2) is 11.5 Å². The van der Waals surface area contributed by atoms with E-state index in [1.165, 1.54) is 15.5 Å². The van der Waals surface area contributed by atoms with E-state index in [4.69, 9.17) is 10.5 Å². The van der Waals surface area contributed by atoms with E-state index in [9.17, 15) is 14.9 Å². The molecule has 0 unspecified atom stereocenters. The number of nitriles is 1. The Morgan fingerprint density at radius 2 is 1.88 bits per heavy atom. The molecular weight excluding hydrogens is 508 g/mol. The molecule has 40 heavy (non-hydrogen) atoms. The largest absolute Gasteiger partial charge is 0.457 e. The normalized spacial score (nSPS) is 15.5. The third kappa shape index (κ3) is 5.04. The SMILES string of the molecule is CNC(C)(C)/C=C(/C#N)C(=O)N1CC[C@H]1Cn1c(=O)n(-c2ccc(Oc3ccccc3)cc2)c2c(N)ncnc21. The lowest BCUT2D eigenvalue weighted by Crippen LogP contribution is -2.54. The van der Waals surface area contributed by atoms with Gasteiger partial charge < -0.3 is 20.7 Å². The Bertz CT molecular complexity index is 1680. The summed E-state index contributed by atoms with van der Waals surface area (Å²) in [5, 5.41) is 12.7. The van der Waals surface area contributed by atoms with Gasteiger partial charge in [0.05, 0.1) is 11.7 Å². The Balaban J connectivity index is 1.46. The van der Waals surface area contributed by atoms with Crippen molar-refractivity contribution in [3.63, 3.8) is 0 Å². The van der Waals surface area contributed by atoms with Gasteiger partial charge in [0.25, 0.3) is 5.91 Å². The van der Waals surface area contributed by atoms with Crippen LogP contribution in [0.5, 0.6) is 11.5 Å². The molecule has 3 heterocycles. The number of nitrogens with one attached hydrogen (secondary N) is 1. The van der Waals surface area contributed by atoms with Gasteiger partial charge in [-0.3, -0.25) is 13.9 Å². The molecule has 0 radical (unpaired) electrons. The standard InChI is InChI=1S/C29H30N8O3/c1-29(2,32-3)15-19(16-30)27(38)35-14-13-21(35)17-36-26-24(25(31)33-18-34-26)37(28(36)39)20-9-11-23(12-10-20)40-22-7-5-4-6-8-22/h4-12,15,18,21,32H,13-14,17H2,1-3H3,(H2,31,33,34)/b19-15-/t21-/m0/s1. The zero-order chi connectivity index (χ0) is 28.4. The minimum absolute atomic E-state index is 0.0585. The van der Waals surface area contributed by atoms with Crippen molar-refractivity contribution in [1.29, 1.82) is 5.26 Å². The van der Waals surface area contributed by atoms with E-state index < -0.39 is 5.54 Å². The van der Waals surface area contributed by atoms with Crippen molar-refractivity contribution >= 4 is 22.9 Å². The van der Waals surface area contributed by atoms with Crippen molar-refractivity contribution in [2.24, 2.45) is 0 Å². The molecule has 0 saturated carbocycles. The van der Waals surface area contributed by atoms with Crippen LogP contribution in [-0.4, -0.2) is 55.1 Å². The highest BCUT2D eigenvalue weighted by Gasteiger charge is 2.36. The number of rotatable bonds is 8. The van der Waals surface area contributed by atoms with Gasteiger partial charge >= 0.3 is 5.69 Å². The van der Waals surface area contributed by atoms with Gasteiger partial charge in [-0.1, -0.05) is 18.2 Å². The molecule has 1 aliphatic heterocycles. The van der Waals surface area contributed by atoms with E-state index in [-0.39, 0.29) is 35.6 Å². The first-order valence-corrected chi connectivity index (χ1v) is 12.9. The van der Waals surface area contributed by atoms with E-state index in [0.29, 0.717) is 41.3 Å². The van der Waals surface area contributed by atoms with Crippen LogP contribution in [0.1, 0.15) is 20.3 Å². The summed E-state index contributed by atoms with van der Waals surface area (Å²) in [5.41, 5.74) is 6.73. The molecule has 1 saturated heterocycles. The number of likely N-dealkylation sites (tertiary alicyclic amines) is 1. The smallest absolute Gasteiger partial charge is 0.335 e. The summed E-state index contributed by atoms with van der Waals surface area (Å²) < 4.78 is 8.86. The fourth-order valence-electron chi connectivity index (χ4n) is 4.63. The number of nitrogens with two attached hydrogens (primary N) is 1. The quantitative estimate of drug-likeness (QED) is 0.257. The van der Waals surface area contributed by atoms with Crippen molar-refractivity contribution in [1.82, 2.24) is 29.3 Å². The van der Waals surface area contributed by atoms with E-state index in [1.54, 1.807) is 42.3 Å². The van der Waals surface area contributed by atoms with Gasteiger partial charge in [0.1, 0.15) is 35.0 Å². The molecule has 3 N–H and O–H groups in total. The first kappa shape index (κ1) is 26.6. The number of aromatic nitrogens is 4. The van der Waals surface area contributed by atoms with Crippen molar-refractivity contribution in [3.8, 4) is 23.3 Å². The van der Waals surface area contributed by atoms with E-state index in [0.717, 1.165) is 0 Å². The minimum atomic E-state index is -0.526. The number of para-hydroxylation sites is 1. The summed E-state index contributed by atoms with van der Waals surface area (Å²) in [6.45, 7) is 4.46. The highest BCUT2D eigenvalue weighted by Crippen LogP contribution is 2.27. The number of anilines is 1. The second kappa shape index (κ2) is 10.7. The number of ether oxygens (including phenoxy) is 1. The summed E-state index contributed by atoms with van der Waals surface area (Å²) in [4.78, 5) is 37.1. The maximum atomic E-state index is 13.8. The van der Waals surface area contributed by atoms with E-state index in [2.05, 4.69) is 15.3 Å². The molecule has 1 amide bonds. The molecule has 0 bridgehead atoms. The average Bonchev–Trinajstić information content (AvgIpc) is 3.22. The molecule has 11 nitrogen and oxygen atoms in total. The second-order valence-corrected chi connectivity index (χ2v) is 10.2. The van der Waals surface area contributed by atoms with Crippen LogP contribution in [0, 0.1) is 11.3 Å². The number of hydrogen-bond donors (Lipinski definition) is 2. The fourth-order valence-corrected chi connectivity index (χ4v) is 4.63. The van der Waals surface area contributed by atoms with Gasteiger partial charge in [-0.15, -0.1) is 0 Å². The highest BCUT2D eigenvalue weighted by atomic mass is 16.5. The van der Waals surface area contributed by atoms with Gasteiger partial charge in [-0.25, -0.2) is 14.8 Å².